The van der Waals surface area contributed by atoms with Crippen LogP contribution in [0.3, 0.4) is 0 Å². The number of halogens is 6. The first-order chi connectivity index (χ1) is 53.4. The number of morpholine rings is 2. The first kappa shape index (κ1) is 96.2. The molecule has 3 radical (unpaired) electrons. The number of aryl methyl sites for hydroxylation is 3. The number of anilines is 4. The summed E-state index contributed by atoms with van der Waals surface area (Å²) in [5.41, 5.74) is 17.3. The highest BCUT2D eigenvalue weighted by atomic mass is 35.5. The fourth-order valence-electron chi connectivity index (χ4n) is 9.97. The number of nitrogens with zero attached hydrogens (tertiary/aromatic N) is 11. The maximum Gasteiger partial charge on any atom is 0.228 e. The average molecular weight is 1660 g/mol. The molecule has 0 atom stereocenters. The number of carbonyl (C=O) groups excluding carboxylic acids is 1. The van der Waals surface area contributed by atoms with Crippen LogP contribution in [0.2, 0.25) is 21.0 Å². The topological polar surface area (TPSA) is 387 Å². The van der Waals surface area contributed by atoms with Crippen LogP contribution < -0.4 is 81.9 Å². The lowest BCUT2D eigenvalue weighted by atomic mass is 10.2. The van der Waals surface area contributed by atoms with Gasteiger partial charge in [-0.2, -0.15) is 25.2 Å². The molecule has 7 aromatic carbocycles. The number of methoxy groups -OCH3 is 8. The molecule has 0 amide bonds. The molecule has 0 unspecified atom stereocenters. The number of aromatic nitrogens is 8. The van der Waals surface area contributed by atoms with Gasteiger partial charge < -0.3 is 68.1 Å². The number of hydrogen-bond acceptors (Lipinski definition) is 30. The van der Waals surface area contributed by atoms with Crippen LogP contribution >= 0.6 is 69.6 Å². The van der Waals surface area contributed by atoms with Crippen LogP contribution in [0.1, 0.15) is 45.6 Å². The number of aliphatic hydroxyl groups is 1. The average Bonchev–Trinajstić information content (AvgIpc) is 0.803. The van der Waals surface area contributed by atoms with E-state index in [4.69, 9.17) is 138 Å². The summed E-state index contributed by atoms with van der Waals surface area (Å²) in [5, 5.41) is 22.5. The van der Waals surface area contributed by atoms with Gasteiger partial charge in [0.25, 0.3) is 0 Å². The van der Waals surface area contributed by atoms with E-state index in [1.165, 1.54) is 5.56 Å². The molecule has 2 aliphatic rings. The van der Waals surface area contributed by atoms with Crippen molar-refractivity contribution in [3.8, 4) is 46.0 Å². The molecule has 6 heterocycles. The standard InChI is InChI=1S/C22H25N5O3.C18H17ClN4O2.C10H8Cl2N2O2.C10H11ClN4O2.C8H8O.C4H9NO.CH2Cl2.CH4O.CH4.B.H4N2/c1-15-5-4-6-16(11-15)14-23-26-21-17-12-19(28-2)20(29-3)13-18(17)24-22(25-21)27-7-9-30-10-8-27;1-11-5-4-6-12(7-11)10-20-23-17-13-8-15(24-2)16(25-3)9-14(13)21-18(19)22-17;1-15-7-3-5-6(4-8(7)16-2)13-10(12)14-9(5)11;1-16-7-3-5-6(4-8(7)17-2)13-10(11)14-9(5)15-12;1-7-3-2-4-8(5-7)6-9;1-3-6-4-2-5-1;2-1-3;1-2;;;1-2/h4-6,11-14H,7-10H2,1-3H3,(H,24,25,26);4-10H,1-3H3,(H,21,22,23);3-4H,1-2H3;3-4H,12H2,1-2H3,(H,13,14,15);2-6H,1H3;5H,1-4H2;1H2;2H,1H3;1H4;;1-2H2/b23-14+;20-10+;;;;;;;;;. The summed E-state index contributed by atoms with van der Waals surface area (Å²) >= 11 is 33.0. The molecule has 37 heteroatoms. The molecule has 0 saturated carbocycles. The first-order valence-electron chi connectivity index (χ1n) is 33.0. The van der Waals surface area contributed by atoms with E-state index in [1.54, 1.807) is 112 Å². The summed E-state index contributed by atoms with van der Waals surface area (Å²) in [6.45, 7) is 12.7. The van der Waals surface area contributed by atoms with Crippen LogP contribution in [0.25, 0.3) is 43.6 Å². The van der Waals surface area contributed by atoms with Crippen molar-refractivity contribution >= 4 is 164 Å². The number of rotatable bonds is 17. The van der Waals surface area contributed by atoms with E-state index in [0.29, 0.717) is 110 Å². The van der Waals surface area contributed by atoms with Crippen LogP contribution in [-0.2, 0) is 9.47 Å². The summed E-state index contributed by atoms with van der Waals surface area (Å²) in [6, 6.07) is 37.7. The molecule has 2 fully saturated rings. The zero-order valence-electron chi connectivity index (χ0n) is 63.1. The van der Waals surface area contributed by atoms with Gasteiger partial charge in [0, 0.05) is 93.1 Å². The number of hydrazone groups is 2. The van der Waals surface area contributed by atoms with Gasteiger partial charge in [-0.25, -0.2) is 30.8 Å². The van der Waals surface area contributed by atoms with Crippen LogP contribution in [-0.4, -0.2) is 194 Å². The second-order valence-corrected chi connectivity index (χ2v) is 24.2. The Morgan fingerprint density at radius 1 is 0.473 bits per heavy atom. The normalized spacial score (nSPS) is 11.6. The number of alkyl halides is 2. The van der Waals surface area contributed by atoms with E-state index in [9.17, 15) is 4.79 Å². The summed E-state index contributed by atoms with van der Waals surface area (Å²) in [4.78, 5) is 46.2. The van der Waals surface area contributed by atoms with E-state index in [-0.39, 0.29) is 42.2 Å². The summed E-state index contributed by atoms with van der Waals surface area (Å²) in [6.07, 6.45) is 4.35. The van der Waals surface area contributed by atoms with Crippen LogP contribution in [0.4, 0.5) is 23.4 Å². The zero-order valence-corrected chi connectivity index (χ0v) is 67.6. The molecule has 599 valence electrons. The minimum Gasteiger partial charge on any atom is -0.493 e. The lowest BCUT2D eigenvalue weighted by Gasteiger charge is -2.27. The highest BCUT2D eigenvalue weighted by molar-refractivity contribution is 6.40. The van der Waals surface area contributed by atoms with Gasteiger partial charge in [-0.15, -0.1) is 23.2 Å². The Morgan fingerprint density at radius 2 is 0.795 bits per heavy atom. The number of ether oxygens (including phenoxy) is 10. The van der Waals surface area contributed by atoms with Crippen molar-refractivity contribution in [2.45, 2.75) is 28.2 Å². The molecule has 11 aromatic rings. The molecule has 4 aromatic heterocycles. The van der Waals surface area contributed by atoms with Gasteiger partial charge in [-0.3, -0.25) is 27.3 Å². The Kier molecular flexibility index (Phi) is 44.9. The van der Waals surface area contributed by atoms with Gasteiger partial charge in [0.15, 0.2) is 63.4 Å². The van der Waals surface area contributed by atoms with Gasteiger partial charge in [-0.1, -0.05) is 102 Å². The van der Waals surface area contributed by atoms with E-state index in [0.717, 1.165) is 96.9 Å². The minimum absolute atomic E-state index is 0. The molecule has 0 aliphatic carbocycles. The number of hydrogen-bond donors (Lipinski definition) is 8. The Labute approximate surface area is 682 Å². The third kappa shape index (κ3) is 29.6. The Hall–Kier alpha value is -9.97. The smallest absolute Gasteiger partial charge is 0.228 e. The Bertz CT molecular complexity index is 4770. The predicted octanol–water partition coefficient (Wildman–Crippen LogP) is 13.4. The number of nitrogens with one attached hydrogen (secondary N) is 4. The summed E-state index contributed by atoms with van der Waals surface area (Å²) in [5.74, 6) is 20.2. The number of aldehydes is 1. The van der Waals surface area contributed by atoms with Gasteiger partial charge in [-0.05, 0) is 97.0 Å². The first-order valence-corrected chi connectivity index (χ1v) is 35.5. The molecule has 112 heavy (non-hydrogen) atoms. The van der Waals surface area contributed by atoms with Gasteiger partial charge in [0.05, 0.1) is 123 Å². The fraction of sp³-hybridized carbons (Fsp3) is 0.293. The largest absolute Gasteiger partial charge is 0.493 e. The van der Waals surface area contributed by atoms with Gasteiger partial charge >= 0.3 is 0 Å². The molecule has 2 aliphatic heterocycles. The van der Waals surface area contributed by atoms with Crippen molar-refractivity contribution in [3.63, 3.8) is 0 Å². The van der Waals surface area contributed by atoms with Crippen molar-refractivity contribution in [2.75, 3.05) is 143 Å². The van der Waals surface area contributed by atoms with Crippen molar-refractivity contribution < 1.29 is 57.3 Å². The Balaban J connectivity index is 0.000000359. The highest BCUT2D eigenvalue weighted by Gasteiger charge is 2.20. The maximum absolute atomic E-state index is 10.2. The number of fused-ring (bicyclic) bond motifs is 4. The quantitative estimate of drug-likeness (QED) is 0.00613. The molecule has 30 nitrogen and oxygen atoms in total. The molecule has 2 saturated heterocycles. The molecular formula is C75H92BCl6N18O12. The molecule has 13 rings (SSSR count). The van der Waals surface area contributed by atoms with Crippen LogP contribution in [0.15, 0.2) is 132 Å². The number of benzene rings is 7. The summed E-state index contributed by atoms with van der Waals surface area (Å²) < 4.78 is 52.7. The molecule has 11 N–H and O–H groups in total. The van der Waals surface area contributed by atoms with Crippen molar-refractivity contribution in [1.29, 1.82) is 0 Å². The lowest BCUT2D eigenvalue weighted by Crippen LogP contribution is -2.37. The van der Waals surface area contributed by atoms with Gasteiger partial charge in [0.2, 0.25) is 21.8 Å². The third-order valence-corrected chi connectivity index (χ3v) is 15.8. The minimum atomic E-state index is 0. The van der Waals surface area contributed by atoms with Crippen LogP contribution in [0, 0.1) is 20.8 Å². The number of hydrazine groups is 2. The monoisotopic (exact) mass is 1660 g/mol. The van der Waals surface area contributed by atoms with Crippen molar-refractivity contribution in [3.05, 3.63) is 176 Å². The van der Waals surface area contributed by atoms with E-state index in [1.807, 2.05) is 80.6 Å². The van der Waals surface area contributed by atoms with Crippen molar-refractivity contribution in [1.82, 2.24) is 45.2 Å². The highest BCUT2D eigenvalue weighted by Crippen LogP contribution is 2.39. The maximum atomic E-state index is 10.2. The predicted molar refractivity (Wildman–Crippen MR) is 452 cm³/mol. The summed E-state index contributed by atoms with van der Waals surface area (Å²) in [7, 11) is 13.6. The zero-order chi connectivity index (χ0) is 80.5. The third-order valence-electron chi connectivity index (χ3n) is 15.0. The molecular weight excluding hydrogens is 1570 g/mol. The second-order valence-electron chi connectivity index (χ2n) is 22.0. The van der Waals surface area contributed by atoms with E-state index < -0.39 is 0 Å². The Morgan fingerprint density at radius 3 is 1.14 bits per heavy atom. The van der Waals surface area contributed by atoms with E-state index >= 15 is 0 Å². The number of nitrogens with two attached hydrogens (primary N) is 3. The fourth-order valence-corrected chi connectivity index (χ4v) is 10.8. The molecule has 0 bridgehead atoms. The van der Waals surface area contributed by atoms with Crippen molar-refractivity contribution in [2.24, 2.45) is 27.7 Å². The second kappa shape index (κ2) is 52.3. The number of carbonyl (C=O) groups is 1. The van der Waals surface area contributed by atoms with Gasteiger partial charge in [0.1, 0.15) is 11.4 Å². The number of aliphatic hydroxyl groups excluding tert-OH is 1. The lowest BCUT2D eigenvalue weighted by molar-refractivity contribution is 0.109. The van der Waals surface area contributed by atoms with E-state index in [2.05, 4.69) is 97.3 Å². The SMILES string of the molecule is C.C1COCCN1.CO.COc1cc2nc(Cl)nc(Cl)c2cc1OC.COc1cc2nc(Cl)nc(N/N=C/c3cccc(C)c3)c2cc1OC.COc1cc2nc(Cl)nc(NN)c2cc1OC.COc1cc2nc(N3CCOCC3)nc(N/N=C/c3cccc(C)c3)c2cc1OC.Cc1cccc(C=O)c1.ClCCl.NN.[B]. The molecule has 0 spiro atoms. The number of nitrogen functional groups attached to an aromatic ring is 1. The van der Waals surface area contributed by atoms with Crippen LogP contribution in [0.5, 0.6) is 46.0 Å².